The Morgan fingerprint density at radius 2 is 1.94 bits per heavy atom. The average molecular weight is 252 g/mol. The maximum Gasteiger partial charge on any atom is 0.161 e. The second kappa shape index (κ2) is 8.81. The molecule has 0 saturated carbocycles. The van der Waals surface area contributed by atoms with Crippen LogP contribution in [0.3, 0.4) is 0 Å². The zero-order valence-corrected chi connectivity index (χ0v) is 11.4. The summed E-state index contributed by atoms with van der Waals surface area (Å²) in [5.41, 5.74) is 1.03. The molecule has 1 N–H and O–H groups in total. The number of aromatic hydroxyl groups is 1. The minimum atomic E-state index is 0.184. The maximum absolute atomic E-state index is 9.57. The number of hydrogen-bond donors (Lipinski definition) is 1. The van der Waals surface area contributed by atoms with Crippen molar-refractivity contribution in [1.82, 2.24) is 0 Å². The summed E-state index contributed by atoms with van der Waals surface area (Å²) in [6.07, 6.45) is 4.87. The van der Waals surface area contributed by atoms with Crippen molar-refractivity contribution in [3.8, 4) is 11.5 Å². The molecular formula is C15H24O3. The minimum Gasteiger partial charge on any atom is -0.504 e. The number of rotatable bonds is 9. The second-order valence-corrected chi connectivity index (χ2v) is 4.35. The molecule has 0 heterocycles. The van der Waals surface area contributed by atoms with Crippen molar-refractivity contribution in [3.63, 3.8) is 0 Å². The Kier molecular flexibility index (Phi) is 7.26. The fraction of sp³-hybridized carbons (Fsp3) is 0.600. The molecule has 0 unspecified atom stereocenters. The monoisotopic (exact) mass is 252 g/mol. The molecule has 0 fully saturated rings. The highest BCUT2D eigenvalue weighted by Gasteiger charge is 2.03. The molecule has 0 atom stereocenters. The molecule has 0 saturated heterocycles. The van der Waals surface area contributed by atoms with Gasteiger partial charge in [0.15, 0.2) is 11.5 Å². The van der Waals surface area contributed by atoms with E-state index in [4.69, 9.17) is 9.47 Å². The van der Waals surface area contributed by atoms with Crippen molar-refractivity contribution in [2.45, 2.75) is 46.1 Å². The normalized spacial score (nSPS) is 10.6. The molecule has 1 rings (SSSR count). The van der Waals surface area contributed by atoms with Crippen LogP contribution in [0.5, 0.6) is 11.5 Å². The van der Waals surface area contributed by atoms with Crippen molar-refractivity contribution < 1.29 is 14.6 Å². The van der Waals surface area contributed by atoms with Crippen molar-refractivity contribution in [2.75, 3.05) is 13.2 Å². The van der Waals surface area contributed by atoms with Gasteiger partial charge < -0.3 is 14.6 Å². The van der Waals surface area contributed by atoms with E-state index >= 15 is 0 Å². The van der Waals surface area contributed by atoms with Gasteiger partial charge in [-0.05, 0) is 31.0 Å². The van der Waals surface area contributed by atoms with Gasteiger partial charge >= 0.3 is 0 Å². The number of phenols is 1. The van der Waals surface area contributed by atoms with Crippen LogP contribution in [-0.4, -0.2) is 18.3 Å². The van der Waals surface area contributed by atoms with E-state index in [2.05, 4.69) is 6.92 Å². The second-order valence-electron chi connectivity index (χ2n) is 4.35. The summed E-state index contributed by atoms with van der Waals surface area (Å²) in [4.78, 5) is 0. The topological polar surface area (TPSA) is 38.7 Å². The predicted molar refractivity (Wildman–Crippen MR) is 73.1 cm³/mol. The van der Waals surface area contributed by atoms with E-state index in [1.807, 2.05) is 19.1 Å². The summed E-state index contributed by atoms with van der Waals surface area (Å²) in [5.74, 6) is 0.716. The van der Waals surface area contributed by atoms with E-state index < -0.39 is 0 Å². The highest BCUT2D eigenvalue weighted by molar-refractivity contribution is 5.41. The summed E-state index contributed by atoms with van der Waals surface area (Å²) in [6, 6.07) is 5.36. The van der Waals surface area contributed by atoms with Crippen molar-refractivity contribution in [3.05, 3.63) is 23.8 Å². The quantitative estimate of drug-likeness (QED) is 0.678. The van der Waals surface area contributed by atoms with E-state index in [1.54, 1.807) is 6.07 Å². The van der Waals surface area contributed by atoms with E-state index in [9.17, 15) is 5.11 Å². The van der Waals surface area contributed by atoms with E-state index in [0.29, 0.717) is 19.0 Å². The number of hydrogen-bond acceptors (Lipinski definition) is 3. The maximum atomic E-state index is 9.57. The van der Waals surface area contributed by atoms with Crippen molar-refractivity contribution in [2.24, 2.45) is 0 Å². The summed E-state index contributed by atoms with van der Waals surface area (Å²) in [5, 5.41) is 9.57. The lowest BCUT2D eigenvalue weighted by atomic mass is 10.2. The molecule has 102 valence electrons. The zero-order valence-electron chi connectivity index (χ0n) is 11.4. The van der Waals surface area contributed by atoms with Gasteiger partial charge in [0, 0.05) is 6.61 Å². The smallest absolute Gasteiger partial charge is 0.161 e. The molecule has 0 aliphatic rings. The predicted octanol–water partition coefficient (Wildman–Crippen LogP) is 3.89. The summed E-state index contributed by atoms with van der Waals surface area (Å²) in [7, 11) is 0. The minimum absolute atomic E-state index is 0.184. The van der Waals surface area contributed by atoms with Crippen LogP contribution in [-0.2, 0) is 11.3 Å². The van der Waals surface area contributed by atoms with Crippen LogP contribution in [0.1, 0.15) is 45.1 Å². The van der Waals surface area contributed by atoms with Gasteiger partial charge in [-0.1, -0.05) is 32.3 Å². The highest BCUT2D eigenvalue weighted by Crippen LogP contribution is 2.27. The molecule has 0 aliphatic heterocycles. The Hall–Kier alpha value is -1.22. The lowest BCUT2D eigenvalue weighted by Crippen LogP contribution is -1.97. The van der Waals surface area contributed by atoms with Gasteiger partial charge in [0.25, 0.3) is 0 Å². The zero-order chi connectivity index (χ0) is 13.2. The molecule has 0 aliphatic carbocycles. The molecular weight excluding hydrogens is 228 g/mol. The molecule has 0 spiro atoms. The summed E-state index contributed by atoms with van der Waals surface area (Å²) < 4.78 is 10.9. The van der Waals surface area contributed by atoms with Crippen LogP contribution in [0.25, 0.3) is 0 Å². The molecule has 1 aromatic carbocycles. The van der Waals surface area contributed by atoms with Gasteiger partial charge in [-0.3, -0.25) is 0 Å². The first-order valence-electron chi connectivity index (χ1n) is 6.80. The lowest BCUT2D eigenvalue weighted by Gasteiger charge is -2.09. The van der Waals surface area contributed by atoms with Crippen LogP contribution in [0.2, 0.25) is 0 Å². The first-order valence-corrected chi connectivity index (χ1v) is 6.80. The summed E-state index contributed by atoms with van der Waals surface area (Å²) >= 11 is 0. The molecule has 0 amide bonds. The fourth-order valence-electron chi connectivity index (χ4n) is 1.74. The Balaban J connectivity index is 2.31. The van der Waals surface area contributed by atoms with Gasteiger partial charge in [-0.15, -0.1) is 0 Å². The lowest BCUT2D eigenvalue weighted by molar-refractivity contribution is 0.116. The van der Waals surface area contributed by atoms with Crippen LogP contribution >= 0.6 is 0 Å². The van der Waals surface area contributed by atoms with Crippen molar-refractivity contribution >= 4 is 0 Å². The van der Waals surface area contributed by atoms with Gasteiger partial charge in [0.1, 0.15) is 0 Å². The first kappa shape index (κ1) is 14.8. The molecule has 3 heteroatoms. The average Bonchev–Trinajstić information content (AvgIpc) is 2.37. The first-order chi connectivity index (χ1) is 8.77. The molecule has 3 nitrogen and oxygen atoms in total. The van der Waals surface area contributed by atoms with Crippen LogP contribution in [0, 0.1) is 0 Å². The Bertz CT molecular complexity index is 337. The molecule has 18 heavy (non-hydrogen) atoms. The van der Waals surface area contributed by atoms with Gasteiger partial charge in [-0.25, -0.2) is 0 Å². The Morgan fingerprint density at radius 3 is 2.67 bits per heavy atom. The number of phenolic OH excluding ortho intramolecular Hbond substituents is 1. The van der Waals surface area contributed by atoms with E-state index in [0.717, 1.165) is 18.6 Å². The third kappa shape index (κ3) is 5.41. The fourth-order valence-corrected chi connectivity index (χ4v) is 1.74. The van der Waals surface area contributed by atoms with Crippen LogP contribution < -0.4 is 4.74 Å². The highest BCUT2D eigenvalue weighted by atomic mass is 16.5. The largest absolute Gasteiger partial charge is 0.504 e. The molecule has 1 aromatic rings. The van der Waals surface area contributed by atoms with Gasteiger partial charge in [-0.2, -0.15) is 0 Å². The van der Waals surface area contributed by atoms with Crippen LogP contribution in [0.15, 0.2) is 18.2 Å². The number of unbranched alkanes of at least 4 members (excludes halogenated alkanes) is 3. The SMILES string of the molecule is CCCCCCOCc1ccc(O)c(OCC)c1. The Labute approximate surface area is 110 Å². The number of benzene rings is 1. The molecule has 0 bridgehead atoms. The molecule has 0 radical (unpaired) electrons. The van der Waals surface area contributed by atoms with Crippen molar-refractivity contribution in [1.29, 1.82) is 0 Å². The number of ether oxygens (including phenoxy) is 2. The molecule has 0 aromatic heterocycles. The van der Waals surface area contributed by atoms with E-state index in [1.165, 1.54) is 19.3 Å². The van der Waals surface area contributed by atoms with Gasteiger partial charge in [0.05, 0.1) is 13.2 Å². The van der Waals surface area contributed by atoms with E-state index in [-0.39, 0.29) is 5.75 Å². The third-order valence-corrected chi connectivity index (χ3v) is 2.74. The Morgan fingerprint density at radius 1 is 1.11 bits per heavy atom. The standard InChI is InChI=1S/C15H24O3/c1-3-5-6-7-10-17-12-13-8-9-14(16)15(11-13)18-4-2/h8-9,11,16H,3-7,10,12H2,1-2H3. The third-order valence-electron chi connectivity index (χ3n) is 2.74. The van der Waals surface area contributed by atoms with Crippen LogP contribution in [0.4, 0.5) is 0 Å². The summed E-state index contributed by atoms with van der Waals surface area (Å²) in [6.45, 7) is 6.02. The van der Waals surface area contributed by atoms with Gasteiger partial charge in [0.2, 0.25) is 0 Å².